The van der Waals surface area contributed by atoms with E-state index in [1.807, 2.05) is 0 Å². The molecule has 2 rings (SSSR count). The SMILES string of the molecule is Oc1ccc(CC[C@H](O)NCCCCCCCCN[C@@H](O)CCc2ccc(O)c(O)c2)cc1O. The quantitative estimate of drug-likeness (QED) is 0.0987. The first-order chi connectivity index (χ1) is 16.3. The molecule has 0 aliphatic heterocycles. The average molecular weight is 477 g/mol. The third-order valence-electron chi connectivity index (χ3n) is 5.86. The zero-order valence-corrected chi connectivity index (χ0v) is 19.8. The van der Waals surface area contributed by atoms with E-state index in [9.17, 15) is 30.6 Å². The third kappa shape index (κ3) is 11.1. The fraction of sp³-hybridized carbons (Fsp3) is 0.538. The Morgan fingerprint density at radius 2 is 0.912 bits per heavy atom. The van der Waals surface area contributed by atoms with E-state index in [0.29, 0.717) is 25.7 Å². The Bertz CT molecular complexity index is 779. The summed E-state index contributed by atoms with van der Waals surface area (Å²) in [5.41, 5.74) is 1.74. The second kappa shape index (κ2) is 15.4. The number of hydrogen-bond donors (Lipinski definition) is 8. The van der Waals surface area contributed by atoms with Crippen molar-refractivity contribution in [3.63, 3.8) is 0 Å². The molecule has 2 aromatic rings. The fourth-order valence-corrected chi connectivity index (χ4v) is 3.75. The highest BCUT2D eigenvalue weighted by molar-refractivity contribution is 5.41. The van der Waals surface area contributed by atoms with E-state index in [-0.39, 0.29) is 23.0 Å². The first-order valence-electron chi connectivity index (χ1n) is 12.2. The number of nitrogens with one attached hydrogen (secondary N) is 2. The van der Waals surface area contributed by atoms with Crippen molar-refractivity contribution >= 4 is 0 Å². The van der Waals surface area contributed by atoms with Crippen LogP contribution in [0.5, 0.6) is 23.0 Å². The molecule has 8 nitrogen and oxygen atoms in total. The van der Waals surface area contributed by atoms with Crippen LogP contribution >= 0.6 is 0 Å². The number of aliphatic hydroxyl groups excluding tert-OH is 2. The molecule has 8 N–H and O–H groups in total. The van der Waals surface area contributed by atoms with Gasteiger partial charge in [-0.15, -0.1) is 0 Å². The van der Waals surface area contributed by atoms with Gasteiger partial charge < -0.3 is 30.6 Å². The summed E-state index contributed by atoms with van der Waals surface area (Å²) in [7, 11) is 0. The predicted octanol–water partition coefficient (Wildman–Crippen LogP) is 3.23. The summed E-state index contributed by atoms with van der Waals surface area (Å²) in [5.74, 6) is -0.555. The molecule has 2 aromatic carbocycles. The van der Waals surface area contributed by atoms with Crippen LogP contribution in [-0.4, -0.2) is 56.2 Å². The Labute approximate surface area is 201 Å². The molecule has 0 amide bonds. The first-order valence-corrected chi connectivity index (χ1v) is 12.2. The first kappa shape index (κ1) is 27.7. The van der Waals surface area contributed by atoms with E-state index in [1.165, 1.54) is 24.3 Å². The van der Waals surface area contributed by atoms with Crippen molar-refractivity contribution in [3.8, 4) is 23.0 Å². The summed E-state index contributed by atoms with van der Waals surface area (Å²) in [6.07, 6.45) is 7.61. The summed E-state index contributed by atoms with van der Waals surface area (Å²) < 4.78 is 0. The standard InChI is InChI=1S/C26H40N2O6/c29-21-11-7-19(17-23(21)31)9-13-25(33)27-15-5-3-1-2-4-6-16-28-26(34)14-10-20-8-12-22(30)24(32)18-20/h7-8,11-12,17-18,25-34H,1-6,9-10,13-16H2/t25-,26-/m0/s1. The van der Waals surface area contributed by atoms with Gasteiger partial charge in [-0.1, -0.05) is 37.8 Å². The molecule has 0 heterocycles. The van der Waals surface area contributed by atoms with Gasteiger partial charge in [0.25, 0.3) is 0 Å². The maximum atomic E-state index is 10.0. The van der Waals surface area contributed by atoms with Crippen molar-refractivity contribution in [2.45, 2.75) is 76.7 Å². The molecule has 0 unspecified atom stereocenters. The van der Waals surface area contributed by atoms with Gasteiger partial charge in [0.15, 0.2) is 23.0 Å². The molecule has 2 atom stereocenters. The molecule has 0 aromatic heterocycles. The van der Waals surface area contributed by atoms with Crippen LogP contribution in [0.3, 0.4) is 0 Å². The van der Waals surface area contributed by atoms with Gasteiger partial charge in [-0.25, -0.2) is 0 Å². The van der Waals surface area contributed by atoms with Crippen molar-refractivity contribution < 1.29 is 30.6 Å². The van der Waals surface area contributed by atoms with E-state index in [2.05, 4.69) is 10.6 Å². The second-order valence-corrected chi connectivity index (χ2v) is 8.78. The van der Waals surface area contributed by atoms with Crippen LogP contribution in [-0.2, 0) is 12.8 Å². The third-order valence-corrected chi connectivity index (χ3v) is 5.86. The van der Waals surface area contributed by atoms with Gasteiger partial charge in [0.05, 0.1) is 0 Å². The lowest BCUT2D eigenvalue weighted by atomic mass is 10.1. The minimum Gasteiger partial charge on any atom is -0.504 e. The summed E-state index contributed by atoms with van der Waals surface area (Å²) in [6.45, 7) is 1.52. The van der Waals surface area contributed by atoms with Crippen molar-refractivity contribution in [2.24, 2.45) is 0 Å². The van der Waals surface area contributed by atoms with Crippen LogP contribution in [0.1, 0.15) is 62.5 Å². The molecule has 34 heavy (non-hydrogen) atoms. The predicted molar refractivity (Wildman–Crippen MR) is 132 cm³/mol. The molecule has 8 heteroatoms. The normalized spacial score (nSPS) is 13.1. The molecule has 0 aliphatic rings. The Morgan fingerprint density at radius 3 is 1.29 bits per heavy atom. The largest absolute Gasteiger partial charge is 0.504 e. The van der Waals surface area contributed by atoms with E-state index in [4.69, 9.17) is 0 Å². The molecule has 0 fully saturated rings. The van der Waals surface area contributed by atoms with Crippen molar-refractivity contribution in [2.75, 3.05) is 13.1 Å². The summed E-state index contributed by atoms with van der Waals surface area (Å²) in [4.78, 5) is 0. The zero-order valence-electron chi connectivity index (χ0n) is 19.8. The van der Waals surface area contributed by atoms with Gasteiger partial charge in [0.1, 0.15) is 12.5 Å². The highest BCUT2D eigenvalue weighted by Crippen LogP contribution is 2.26. The maximum Gasteiger partial charge on any atom is 0.157 e. The van der Waals surface area contributed by atoms with Gasteiger partial charge in [-0.05, 0) is 87.0 Å². The molecule has 0 bridgehead atoms. The number of rotatable bonds is 17. The summed E-state index contributed by atoms with van der Waals surface area (Å²) >= 11 is 0. The van der Waals surface area contributed by atoms with E-state index in [0.717, 1.165) is 62.7 Å². The number of hydrogen-bond acceptors (Lipinski definition) is 8. The molecule has 0 spiro atoms. The monoisotopic (exact) mass is 476 g/mol. The average Bonchev–Trinajstić information content (AvgIpc) is 2.81. The van der Waals surface area contributed by atoms with Crippen LogP contribution in [0.2, 0.25) is 0 Å². The van der Waals surface area contributed by atoms with Gasteiger partial charge in [-0.2, -0.15) is 0 Å². The van der Waals surface area contributed by atoms with Crippen molar-refractivity contribution in [1.29, 1.82) is 0 Å². The van der Waals surface area contributed by atoms with Crippen molar-refractivity contribution in [3.05, 3.63) is 47.5 Å². The number of phenolic OH excluding ortho intramolecular Hbond substituents is 4. The molecule has 0 saturated heterocycles. The maximum absolute atomic E-state index is 10.0. The number of aliphatic hydroxyl groups is 2. The van der Waals surface area contributed by atoms with Gasteiger partial charge in [0.2, 0.25) is 0 Å². The second-order valence-electron chi connectivity index (χ2n) is 8.78. The van der Waals surface area contributed by atoms with Gasteiger partial charge in [-0.3, -0.25) is 10.6 Å². The number of unbranched alkanes of at least 4 members (excludes halogenated alkanes) is 5. The van der Waals surface area contributed by atoms with Gasteiger partial charge >= 0.3 is 0 Å². The van der Waals surface area contributed by atoms with E-state index < -0.39 is 12.5 Å². The van der Waals surface area contributed by atoms with Crippen molar-refractivity contribution in [1.82, 2.24) is 10.6 Å². The number of aryl methyl sites for hydroxylation is 2. The minimum atomic E-state index is -0.590. The lowest BCUT2D eigenvalue weighted by Gasteiger charge is -2.13. The fourth-order valence-electron chi connectivity index (χ4n) is 3.75. The number of phenols is 4. The molecule has 0 saturated carbocycles. The smallest absolute Gasteiger partial charge is 0.157 e. The Hall–Kier alpha value is -2.52. The Kier molecular flexibility index (Phi) is 12.6. The summed E-state index contributed by atoms with van der Waals surface area (Å²) in [5, 5.41) is 63.9. The zero-order chi connectivity index (χ0) is 24.8. The van der Waals surface area contributed by atoms with Crippen LogP contribution in [0, 0.1) is 0 Å². The highest BCUT2D eigenvalue weighted by Gasteiger charge is 2.07. The Morgan fingerprint density at radius 1 is 0.529 bits per heavy atom. The van der Waals surface area contributed by atoms with E-state index in [1.54, 1.807) is 12.1 Å². The van der Waals surface area contributed by atoms with Crippen LogP contribution in [0.25, 0.3) is 0 Å². The summed E-state index contributed by atoms with van der Waals surface area (Å²) in [6, 6.07) is 9.42. The topological polar surface area (TPSA) is 145 Å². The number of benzene rings is 2. The lowest BCUT2D eigenvalue weighted by Crippen LogP contribution is -2.30. The minimum absolute atomic E-state index is 0.138. The Balaban J connectivity index is 1.39. The molecule has 0 aliphatic carbocycles. The van der Waals surface area contributed by atoms with Crippen LogP contribution in [0.4, 0.5) is 0 Å². The van der Waals surface area contributed by atoms with Gasteiger partial charge in [0, 0.05) is 0 Å². The van der Waals surface area contributed by atoms with Crippen LogP contribution in [0.15, 0.2) is 36.4 Å². The van der Waals surface area contributed by atoms with Crippen LogP contribution < -0.4 is 10.6 Å². The molecular weight excluding hydrogens is 436 g/mol. The number of aromatic hydroxyl groups is 4. The molecular formula is C26H40N2O6. The lowest BCUT2D eigenvalue weighted by molar-refractivity contribution is 0.127. The van der Waals surface area contributed by atoms with E-state index >= 15 is 0 Å². The molecule has 190 valence electrons. The highest BCUT2D eigenvalue weighted by atomic mass is 16.3. The molecule has 0 radical (unpaired) electrons.